The number of aliphatic imine (C=N–C) groups is 1. The molecular formula is C51H58N3O6S2-. The maximum absolute atomic E-state index is 14.2. The van der Waals surface area contributed by atoms with Gasteiger partial charge in [-0.25, -0.2) is 0 Å². The van der Waals surface area contributed by atoms with E-state index in [0.29, 0.717) is 65.5 Å². The third kappa shape index (κ3) is 9.85. The highest BCUT2D eigenvalue weighted by Gasteiger charge is 2.53. The van der Waals surface area contributed by atoms with E-state index in [2.05, 4.69) is 29.0 Å². The number of aliphatic hydroxyl groups is 1. The summed E-state index contributed by atoms with van der Waals surface area (Å²) >= 11 is 0. The number of nitrogens with two attached hydrogens (primary N) is 2. The number of phenolic OH excluding ortho intramolecular Hbond substituents is 2. The van der Waals surface area contributed by atoms with Crippen molar-refractivity contribution in [3.05, 3.63) is 123 Å². The van der Waals surface area contributed by atoms with Crippen LogP contribution in [0.15, 0.2) is 89.3 Å². The number of ketones is 1. The largest absolute Gasteiger partial charge is 0.875 e. The highest BCUT2D eigenvalue weighted by molar-refractivity contribution is 8.76. The number of phenols is 2. The van der Waals surface area contributed by atoms with Gasteiger partial charge in [0.05, 0.1) is 31.0 Å². The van der Waals surface area contributed by atoms with E-state index in [0.717, 1.165) is 84.9 Å². The van der Waals surface area contributed by atoms with Gasteiger partial charge in [0.15, 0.2) is 17.3 Å². The van der Waals surface area contributed by atoms with Crippen molar-refractivity contribution >= 4 is 33.1 Å². The standard InChI is InChI=1S/C51H59N3O6S2/c1-32(55)4-2-6-37-14-18-50-20-21-51(37,30-50)19-15-38(56)11-8-33-10-13-46(58)48(25-33)60-23-17-34-9-12-45(57)43(24-34)42-28-47(59)39-16-22-54-44(39)7-3-5-35-26-41(49(52)53)36(27-40(35)42)29-61-62-31-50/h9-10,12-13,15-16,19,22,24-27,32,37,42,49,55,57-59H,2,4,6-8,11,14,17-18,20-21,23,28-31,52-53H2,1H3/p-1. The summed E-state index contributed by atoms with van der Waals surface area (Å²) in [5.41, 5.74) is 20.0. The molecule has 5 atom stereocenters. The van der Waals surface area contributed by atoms with E-state index in [9.17, 15) is 25.2 Å². The Morgan fingerprint density at radius 2 is 1.81 bits per heavy atom. The molecule has 9 nitrogen and oxygen atoms in total. The lowest BCUT2D eigenvalue weighted by atomic mass is 9.62. The van der Waals surface area contributed by atoms with Crippen LogP contribution in [-0.4, -0.2) is 45.3 Å². The quantitative estimate of drug-likeness (QED) is 0.0950. The normalized spacial score (nSPS) is 25.8. The van der Waals surface area contributed by atoms with Crippen LogP contribution >= 0.6 is 21.6 Å². The predicted octanol–water partition coefficient (Wildman–Crippen LogP) is 8.57. The first kappa shape index (κ1) is 44.2. The molecule has 3 aromatic rings. The summed E-state index contributed by atoms with van der Waals surface area (Å²) in [6.07, 6.45) is 16.5. The molecule has 5 aliphatic rings. The third-order valence-electron chi connectivity index (χ3n) is 13.9. The van der Waals surface area contributed by atoms with E-state index < -0.39 is 12.1 Å². The Morgan fingerprint density at radius 1 is 0.984 bits per heavy atom. The Bertz CT molecular complexity index is 2380. The molecule has 2 heterocycles. The lowest BCUT2D eigenvalue weighted by Crippen LogP contribution is -2.35. The molecule has 8 rings (SSSR count). The Morgan fingerprint density at radius 3 is 2.63 bits per heavy atom. The van der Waals surface area contributed by atoms with Crippen LogP contribution in [0.5, 0.6) is 17.2 Å². The van der Waals surface area contributed by atoms with Gasteiger partial charge in [-0.3, -0.25) is 9.79 Å². The van der Waals surface area contributed by atoms with Crippen LogP contribution in [0.2, 0.25) is 0 Å². The fourth-order valence-corrected chi connectivity index (χ4v) is 13.3. The molecule has 3 aliphatic carbocycles. The highest BCUT2D eigenvalue weighted by atomic mass is 33.1. The number of aromatic hydroxyl groups is 2. The van der Waals surface area contributed by atoms with Gasteiger partial charge < -0.3 is 36.6 Å². The second-order valence-electron chi connectivity index (χ2n) is 18.2. The third-order valence-corrected chi connectivity index (χ3v) is 16.4. The van der Waals surface area contributed by atoms with E-state index in [1.807, 2.05) is 54.1 Å². The van der Waals surface area contributed by atoms with Gasteiger partial charge in [0.2, 0.25) is 0 Å². The first-order valence-corrected chi connectivity index (χ1v) is 24.6. The number of allylic oxidation sites excluding steroid dienone is 5. The van der Waals surface area contributed by atoms with Gasteiger partial charge in [0, 0.05) is 47.6 Å². The number of aryl methyl sites for hydroxylation is 1. The minimum atomic E-state index is -0.748. The minimum absolute atomic E-state index is 0.0225. The van der Waals surface area contributed by atoms with Crippen LogP contribution in [-0.2, 0) is 23.4 Å². The molecule has 0 saturated heterocycles. The predicted molar refractivity (Wildman–Crippen MR) is 248 cm³/mol. The van der Waals surface area contributed by atoms with Crippen molar-refractivity contribution in [2.45, 2.75) is 114 Å². The Kier molecular flexibility index (Phi) is 13.6. The van der Waals surface area contributed by atoms with Gasteiger partial charge in [-0.2, -0.15) is 0 Å². The zero-order chi connectivity index (χ0) is 43.4. The van der Waals surface area contributed by atoms with Crippen LogP contribution in [0, 0.1) is 28.6 Å². The number of ether oxygens (including phenoxy) is 1. The SMILES string of the molecule is CC(O)CCCC1CCC23CCC1(C=CC(=O)CCc1ccc(O)c(c1)OCCc1ccc(O)c(c1)C1CC([O-])=C4C=CN=C4CC#Cc4cc(C(N)N)c(cc41)CSSC2)C3. The molecular weight excluding hydrogens is 815 g/mol. The van der Waals surface area contributed by atoms with Gasteiger partial charge in [0.25, 0.3) is 0 Å². The fraction of sp³-hybridized carbons (Fsp3) is 0.451. The number of hydrogen-bond donors (Lipinski definition) is 5. The number of carbonyl (C=O) groups is 1. The zero-order valence-corrected chi connectivity index (χ0v) is 37.2. The fourth-order valence-electron chi connectivity index (χ4n) is 10.5. The van der Waals surface area contributed by atoms with Crippen LogP contribution in [0.25, 0.3) is 0 Å². The summed E-state index contributed by atoms with van der Waals surface area (Å²) in [5.74, 6) is 8.66. The lowest BCUT2D eigenvalue weighted by Gasteiger charge is -2.44. The van der Waals surface area contributed by atoms with Crippen molar-refractivity contribution in [3.63, 3.8) is 0 Å². The maximum Gasteiger partial charge on any atom is 0.161 e. The van der Waals surface area contributed by atoms with Crippen LogP contribution in [0.1, 0.15) is 129 Å². The maximum atomic E-state index is 14.2. The molecule has 0 spiro atoms. The van der Waals surface area contributed by atoms with Crippen molar-refractivity contribution in [2.75, 3.05) is 12.4 Å². The van der Waals surface area contributed by atoms with Crippen molar-refractivity contribution < 1.29 is 30.0 Å². The van der Waals surface area contributed by atoms with E-state index in [4.69, 9.17) is 16.2 Å². The zero-order valence-electron chi connectivity index (χ0n) is 35.5. The summed E-state index contributed by atoms with van der Waals surface area (Å²) in [6, 6.07) is 14.8. The average Bonchev–Trinajstić information content (AvgIpc) is 3.85. The summed E-state index contributed by atoms with van der Waals surface area (Å²) in [6.45, 7) is 2.10. The monoisotopic (exact) mass is 872 g/mol. The summed E-state index contributed by atoms with van der Waals surface area (Å²) < 4.78 is 6.15. The summed E-state index contributed by atoms with van der Waals surface area (Å²) in [4.78, 5) is 18.0. The van der Waals surface area contributed by atoms with Crippen molar-refractivity contribution in [2.24, 2.45) is 33.2 Å². The number of benzene rings is 3. The molecule has 0 aromatic heterocycles. The molecule has 0 radical (unpaired) electrons. The number of rotatable bonds is 5. The number of fused-ring (bicyclic) bond motifs is 7. The van der Waals surface area contributed by atoms with Crippen LogP contribution in [0.4, 0.5) is 0 Å². The molecule has 62 heavy (non-hydrogen) atoms. The molecule has 3 aromatic carbocycles. The van der Waals surface area contributed by atoms with E-state index in [1.54, 1.807) is 35.2 Å². The van der Waals surface area contributed by atoms with E-state index in [1.165, 1.54) is 0 Å². The molecule has 7 N–H and O–H groups in total. The first-order chi connectivity index (χ1) is 29.9. The Hall–Kier alpha value is -4.44. The first-order valence-electron chi connectivity index (χ1n) is 22.1. The number of aliphatic hydroxyl groups excluding tert-OH is 1. The topological polar surface area (TPSA) is 174 Å². The molecule has 2 saturated carbocycles. The molecule has 2 aliphatic heterocycles. The second-order valence-corrected chi connectivity index (χ2v) is 20.6. The summed E-state index contributed by atoms with van der Waals surface area (Å²) in [5, 5.41) is 46.5. The average molecular weight is 873 g/mol. The second kappa shape index (κ2) is 19.1. The van der Waals surface area contributed by atoms with Gasteiger partial charge >= 0.3 is 0 Å². The highest BCUT2D eigenvalue weighted by Crippen LogP contribution is 2.64. The van der Waals surface area contributed by atoms with E-state index >= 15 is 0 Å². The minimum Gasteiger partial charge on any atom is -0.875 e. The Labute approximate surface area is 373 Å². The van der Waals surface area contributed by atoms with Gasteiger partial charge in [-0.15, -0.1) is 5.76 Å². The number of carbonyl (C=O) groups excluding carboxylic acids is 1. The summed E-state index contributed by atoms with van der Waals surface area (Å²) in [7, 11) is 3.68. The van der Waals surface area contributed by atoms with Crippen LogP contribution < -0.4 is 21.3 Å². The smallest absolute Gasteiger partial charge is 0.161 e. The number of hydrogen-bond acceptors (Lipinski definition) is 11. The molecule has 5 unspecified atom stereocenters. The van der Waals surface area contributed by atoms with Crippen LogP contribution in [0.3, 0.4) is 0 Å². The Balaban J connectivity index is 1.17. The number of nitrogens with zero attached hydrogens (tertiary/aromatic N) is 1. The van der Waals surface area contributed by atoms with Crippen molar-refractivity contribution in [3.8, 4) is 29.1 Å². The van der Waals surface area contributed by atoms with Gasteiger partial charge in [-0.05, 0) is 151 Å². The van der Waals surface area contributed by atoms with E-state index in [-0.39, 0.29) is 53.0 Å². The molecule has 11 heteroatoms. The lowest BCUT2D eigenvalue weighted by molar-refractivity contribution is -0.307. The van der Waals surface area contributed by atoms with Gasteiger partial charge in [-0.1, -0.05) is 70.2 Å². The van der Waals surface area contributed by atoms with Crippen molar-refractivity contribution in [1.29, 1.82) is 0 Å². The molecule has 326 valence electrons. The molecule has 8 bridgehead atoms. The molecule has 0 amide bonds. The van der Waals surface area contributed by atoms with Gasteiger partial charge in [0.1, 0.15) is 5.75 Å². The van der Waals surface area contributed by atoms with Crippen molar-refractivity contribution in [1.82, 2.24) is 0 Å². The molecule has 2 fully saturated rings.